The molecule has 0 fully saturated rings. The number of rotatable bonds is 13. The summed E-state index contributed by atoms with van der Waals surface area (Å²) >= 11 is 0. The molecule has 0 aromatic heterocycles. The van der Waals surface area contributed by atoms with Crippen LogP contribution in [0.15, 0.2) is 12.1 Å². The first-order valence-electron chi connectivity index (χ1n) is 7.88. The summed E-state index contributed by atoms with van der Waals surface area (Å²) in [6.07, 6.45) is 1.26. The first kappa shape index (κ1) is 20.4. The Balaban J connectivity index is 2.70. The fraction of sp³-hybridized carbons (Fsp3) is 0.588. The summed E-state index contributed by atoms with van der Waals surface area (Å²) in [4.78, 5) is 11.3. The van der Waals surface area contributed by atoms with Gasteiger partial charge in [0.2, 0.25) is 0 Å². The summed E-state index contributed by atoms with van der Waals surface area (Å²) in [6.45, 7) is 3.11. The maximum atomic E-state index is 11.3. The molecule has 0 atom stereocenters. The Bertz CT molecular complexity index is 506. The van der Waals surface area contributed by atoms with Crippen molar-refractivity contribution < 1.29 is 28.8 Å². The molecule has 0 bridgehead atoms. The second-order valence-electron chi connectivity index (χ2n) is 5.22. The van der Waals surface area contributed by atoms with E-state index in [9.17, 15) is 9.90 Å². The minimum atomic E-state index is -1.03. The normalized spacial score (nSPS) is 10.9. The fourth-order valence-electron chi connectivity index (χ4n) is 2.21. The van der Waals surface area contributed by atoms with E-state index in [0.29, 0.717) is 52.5 Å². The van der Waals surface area contributed by atoms with E-state index in [-0.39, 0.29) is 11.3 Å². The molecule has 0 saturated carbocycles. The summed E-state index contributed by atoms with van der Waals surface area (Å²) in [5.41, 5.74) is 8.12. The number of benzene rings is 1. The van der Waals surface area contributed by atoms with Crippen molar-refractivity contribution in [2.75, 3.05) is 59.6 Å². The average molecular weight is 341 g/mol. The number of carboxylic acid groups (broad SMARTS) is 1. The van der Waals surface area contributed by atoms with E-state index in [2.05, 4.69) is 0 Å². The predicted octanol–water partition coefficient (Wildman–Crippen LogP) is 1.38. The first-order chi connectivity index (χ1) is 11.6. The summed E-state index contributed by atoms with van der Waals surface area (Å²) in [5.74, 6) is -1.03. The molecule has 24 heavy (non-hydrogen) atoms. The Morgan fingerprint density at radius 3 is 1.88 bits per heavy atom. The lowest BCUT2D eigenvalue weighted by atomic mass is 9.98. The van der Waals surface area contributed by atoms with Crippen LogP contribution >= 0.6 is 0 Å². The van der Waals surface area contributed by atoms with Crippen LogP contribution in [-0.4, -0.2) is 64.9 Å². The van der Waals surface area contributed by atoms with Gasteiger partial charge in [-0.2, -0.15) is 0 Å². The quantitative estimate of drug-likeness (QED) is 0.413. The number of nitrogen functional groups attached to an aromatic ring is 1. The van der Waals surface area contributed by atoms with Gasteiger partial charge in [-0.15, -0.1) is 0 Å². The van der Waals surface area contributed by atoms with Crippen molar-refractivity contribution in [3.05, 3.63) is 28.8 Å². The molecule has 0 radical (unpaired) electrons. The highest BCUT2D eigenvalue weighted by molar-refractivity contribution is 5.94. The number of methoxy groups -OCH3 is 2. The maximum absolute atomic E-state index is 11.3. The molecule has 0 saturated heterocycles. The van der Waals surface area contributed by atoms with Gasteiger partial charge in [-0.05, 0) is 36.1 Å². The SMILES string of the molecule is COCCOCCc1cc(N)c(C(=O)O)cc1CCOCCOC. The van der Waals surface area contributed by atoms with Crippen molar-refractivity contribution in [1.29, 1.82) is 0 Å². The molecule has 0 aliphatic carbocycles. The van der Waals surface area contributed by atoms with Crippen molar-refractivity contribution in [2.45, 2.75) is 12.8 Å². The van der Waals surface area contributed by atoms with Gasteiger partial charge in [0, 0.05) is 19.9 Å². The van der Waals surface area contributed by atoms with E-state index in [1.165, 1.54) is 0 Å². The van der Waals surface area contributed by atoms with Crippen LogP contribution in [0.3, 0.4) is 0 Å². The topological polar surface area (TPSA) is 100 Å². The number of hydrogen-bond acceptors (Lipinski definition) is 6. The van der Waals surface area contributed by atoms with Gasteiger partial charge in [0.15, 0.2) is 0 Å². The third kappa shape index (κ3) is 7.27. The van der Waals surface area contributed by atoms with Crippen molar-refractivity contribution >= 4 is 11.7 Å². The highest BCUT2D eigenvalue weighted by atomic mass is 16.5. The maximum Gasteiger partial charge on any atom is 0.337 e. The van der Waals surface area contributed by atoms with Crippen molar-refractivity contribution in [1.82, 2.24) is 0 Å². The number of ether oxygens (including phenoxy) is 4. The molecule has 0 amide bonds. The Hall–Kier alpha value is -1.67. The molecule has 7 nitrogen and oxygen atoms in total. The molecule has 7 heteroatoms. The number of aromatic carboxylic acids is 1. The van der Waals surface area contributed by atoms with E-state index < -0.39 is 5.97 Å². The van der Waals surface area contributed by atoms with E-state index in [4.69, 9.17) is 24.7 Å². The predicted molar refractivity (Wildman–Crippen MR) is 90.6 cm³/mol. The van der Waals surface area contributed by atoms with Crippen LogP contribution in [-0.2, 0) is 31.8 Å². The number of carboxylic acids is 1. The molecular formula is C17H27NO6. The van der Waals surface area contributed by atoms with Crippen molar-refractivity contribution in [3.8, 4) is 0 Å². The van der Waals surface area contributed by atoms with Gasteiger partial charge >= 0.3 is 5.97 Å². The molecule has 1 aromatic rings. The molecular weight excluding hydrogens is 314 g/mol. The molecule has 0 unspecified atom stereocenters. The third-order valence-corrected chi connectivity index (χ3v) is 3.50. The van der Waals surface area contributed by atoms with Crippen LogP contribution in [0.4, 0.5) is 5.69 Å². The number of carbonyl (C=O) groups is 1. The van der Waals surface area contributed by atoms with Gasteiger partial charge in [-0.1, -0.05) is 0 Å². The molecule has 0 heterocycles. The van der Waals surface area contributed by atoms with Gasteiger partial charge in [0.05, 0.1) is 45.2 Å². The van der Waals surface area contributed by atoms with Gasteiger partial charge in [-0.3, -0.25) is 0 Å². The zero-order valence-corrected chi connectivity index (χ0v) is 14.4. The Kier molecular flexibility index (Phi) is 10.0. The molecule has 136 valence electrons. The number of nitrogens with two attached hydrogens (primary N) is 1. The van der Waals surface area contributed by atoms with Crippen LogP contribution in [0.1, 0.15) is 21.5 Å². The Labute approximate surface area is 142 Å². The second kappa shape index (κ2) is 11.8. The second-order valence-corrected chi connectivity index (χ2v) is 5.22. The summed E-state index contributed by atoms with van der Waals surface area (Å²) < 4.78 is 20.8. The lowest BCUT2D eigenvalue weighted by molar-refractivity contribution is 0.0693. The fourth-order valence-corrected chi connectivity index (χ4v) is 2.21. The van der Waals surface area contributed by atoms with Gasteiger partial charge in [0.25, 0.3) is 0 Å². The Morgan fingerprint density at radius 1 is 0.917 bits per heavy atom. The van der Waals surface area contributed by atoms with Crippen molar-refractivity contribution in [3.63, 3.8) is 0 Å². The highest BCUT2D eigenvalue weighted by Gasteiger charge is 2.13. The number of anilines is 1. The highest BCUT2D eigenvalue weighted by Crippen LogP contribution is 2.21. The average Bonchev–Trinajstić information content (AvgIpc) is 2.55. The summed E-state index contributed by atoms with van der Waals surface area (Å²) in [7, 11) is 3.24. The minimum Gasteiger partial charge on any atom is -0.478 e. The monoisotopic (exact) mass is 341 g/mol. The van der Waals surface area contributed by atoms with Crippen LogP contribution in [0.2, 0.25) is 0 Å². The molecule has 1 rings (SSSR count). The van der Waals surface area contributed by atoms with Crippen LogP contribution in [0, 0.1) is 0 Å². The largest absolute Gasteiger partial charge is 0.478 e. The van der Waals surface area contributed by atoms with E-state index in [1.807, 2.05) is 0 Å². The van der Waals surface area contributed by atoms with Crippen LogP contribution < -0.4 is 5.73 Å². The standard InChI is InChI=1S/C17H27NO6/c1-21-7-9-23-5-3-13-11-15(17(19)20)16(18)12-14(13)4-6-24-10-8-22-2/h11-12H,3-10,18H2,1-2H3,(H,19,20). The van der Waals surface area contributed by atoms with E-state index >= 15 is 0 Å². The van der Waals surface area contributed by atoms with E-state index in [0.717, 1.165) is 11.1 Å². The smallest absolute Gasteiger partial charge is 0.337 e. The van der Waals surface area contributed by atoms with Gasteiger partial charge in [0.1, 0.15) is 0 Å². The van der Waals surface area contributed by atoms with Gasteiger partial charge in [-0.25, -0.2) is 4.79 Å². The zero-order chi connectivity index (χ0) is 17.8. The molecule has 0 aliphatic heterocycles. The molecule has 0 aliphatic rings. The molecule has 1 aromatic carbocycles. The zero-order valence-electron chi connectivity index (χ0n) is 14.4. The minimum absolute atomic E-state index is 0.117. The van der Waals surface area contributed by atoms with Gasteiger partial charge < -0.3 is 29.8 Å². The van der Waals surface area contributed by atoms with Crippen LogP contribution in [0.5, 0.6) is 0 Å². The van der Waals surface area contributed by atoms with Crippen molar-refractivity contribution in [2.24, 2.45) is 0 Å². The van der Waals surface area contributed by atoms with E-state index in [1.54, 1.807) is 26.4 Å². The van der Waals surface area contributed by atoms with Crippen LogP contribution in [0.25, 0.3) is 0 Å². The summed E-state index contributed by atoms with van der Waals surface area (Å²) in [5, 5.41) is 9.23. The lowest BCUT2D eigenvalue weighted by Gasteiger charge is -2.13. The Morgan fingerprint density at radius 2 is 1.42 bits per heavy atom. The summed E-state index contributed by atoms with van der Waals surface area (Å²) in [6, 6.07) is 3.34. The third-order valence-electron chi connectivity index (χ3n) is 3.50. The first-order valence-corrected chi connectivity index (χ1v) is 7.88. The molecule has 0 spiro atoms. The number of hydrogen-bond donors (Lipinski definition) is 2. The molecule has 3 N–H and O–H groups in total. The lowest BCUT2D eigenvalue weighted by Crippen LogP contribution is -2.11.